The summed E-state index contributed by atoms with van der Waals surface area (Å²) in [5.74, 6) is 0.745. The predicted molar refractivity (Wildman–Crippen MR) is 98.9 cm³/mol. The molecule has 24 heavy (non-hydrogen) atoms. The number of amides is 1. The Morgan fingerprint density at radius 1 is 1.08 bits per heavy atom. The molecule has 0 unspecified atom stereocenters. The maximum Gasteiger partial charge on any atom is 0.244 e. The second-order valence-corrected chi connectivity index (χ2v) is 5.95. The summed E-state index contributed by atoms with van der Waals surface area (Å²) in [6, 6.07) is 17.8. The number of benzene rings is 2. The van der Waals surface area contributed by atoms with Gasteiger partial charge in [-0.2, -0.15) is 0 Å². The van der Waals surface area contributed by atoms with Crippen LogP contribution in [0.4, 0.5) is 0 Å². The maximum atomic E-state index is 12.1. The van der Waals surface area contributed by atoms with Crippen LogP contribution in [0, 0.1) is 0 Å². The molecule has 0 aliphatic rings. The molecule has 3 nitrogen and oxygen atoms in total. The average molecular weight is 323 g/mol. The summed E-state index contributed by atoms with van der Waals surface area (Å²) in [7, 11) is 0. The van der Waals surface area contributed by atoms with E-state index < -0.39 is 0 Å². The van der Waals surface area contributed by atoms with Crippen LogP contribution >= 0.6 is 0 Å². The van der Waals surface area contributed by atoms with Gasteiger partial charge in [-0.15, -0.1) is 0 Å². The van der Waals surface area contributed by atoms with Gasteiger partial charge in [-0.3, -0.25) is 4.79 Å². The molecule has 0 aliphatic carbocycles. The van der Waals surface area contributed by atoms with Crippen LogP contribution in [0.25, 0.3) is 6.08 Å². The Labute approximate surface area is 144 Å². The van der Waals surface area contributed by atoms with Crippen LogP contribution < -0.4 is 10.1 Å². The summed E-state index contributed by atoms with van der Waals surface area (Å²) in [5.41, 5.74) is 2.09. The molecule has 0 saturated carbocycles. The van der Waals surface area contributed by atoms with Crippen molar-refractivity contribution in [2.75, 3.05) is 0 Å². The lowest BCUT2D eigenvalue weighted by atomic mass is 10.0. The van der Waals surface area contributed by atoms with E-state index >= 15 is 0 Å². The molecule has 1 atom stereocenters. The van der Waals surface area contributed by atoms with Gasteiger partial charge in [-0.05, 0) is 49.6 Å². The maximum absolute atomic E-state index is 12.1. The number of hydrogen-bond acceptors (Lipinski definition) is 2. The van der Waals surface area contributed by atoms with E-state index in [1.807, 2.05) is 74.5 Å². The van der Waals surface area contributed by atoms with Crippen molar-refractivity contribution >= 4 is 12.0 Å². The number of carbonyl (C=O) groups excluding carboxylic acids is 1. The van der Waals surface area contributed by atoms with Gasteiger partial charge in [0.25, 0.3) is 0 Å². The fraction of sp³-hybridized carbons (Fsp3) is 0.286. The fourth-order valence-corrected chi connectivity index (χ4v) is 2.43. The van der Waals surface area contributed by atoms with E-state index in [1.165, 1.54) is 0 Å². The quantitative estimate of drug-likeness (QED) is 0.746. The third-order valence-corrected chi connectivity index (χ3v) is 3.61. The Morgan fingerprint density at radius 3 is 2.33 bits per heavy atom. The molecule has 3 heteroatoms. The minimum absolute atomic E-state index is 0.0326. The lowest BCUT2D eigenvalue weighted by Crippen LogP contribution is -2.26. The molecule has 0 bridgehead atoms. The van der Waals surface area contributed by atoms with Crippen molar-refractivity contribution in [1.29, 1.82) is 0 Å². The first-order chi connectivity index (χ1) is 11.6. The zero-order chi connectivity index (χ0) is 17.4. The van der Waals surface area contributed by atoms with Gasteiger partial charge in [0.1, 0.15) is 5.75 Å². The minimum Gasteiger partial charge on any atom is -0.491 e. The molecule has 0 radical (unpaired) electrons. The molecule has 0 spiro atoms. The van der Waals surface area contributed by atoms with Crippen molar-refractivity contribution in [2.45, 2.75) is 39.3 Å². The van der Waals surface area contributed by atoms with Crippen molar-refractivity contribution in [3.05, 3.63) is 71.8 Å². The zero-order valence-electron chi connectivity index (χ0n) is 14.5. The zero-order valence-corrected chi connectivity index (χ0v) is 14.5. The molecule has 0 aliphatic heterocycles. The van der Waals surface area contributed by atoms with Gasteiger partial charge < -0.3 is 10.1 Å². The van der Waals surface area contributed by atoms with E-state index in [0.29, 0.717) is 0 Å². The summed E-state index contributed by atoms with van der Waals surface area (Å²) in [4.78, 5) is 12.1. The summed E-state index contributed by atoms with van der Waals surface area (Å²) in [5, 5.41) is 3.04. The highest BCUT2D eigenvalue weighted by atomic mass is 16.5. The molecule has 2 aromatic carbocycles. The van der Waals surface area contributed by atoms with Gasteiger partial charge in [-0.1, -0.05) is 49.4 Å². The second-order valence-electron chi connectivity index (χ2n) is 5.95. The molecule has 2 aromatic rings. The molecule has 0 fully saturated rings. The third-order valence-electron chi connectivity index (χ3n) is 3.61. The minimum atomic E-state index is -0.0896. The second kappa shape index (κ2) is 8.92. The number of ether oxygens (including phenoxy) is 1. The van der Waals surface area contributed by atoms with Gasteiger partial charge in [-0.25, -0.2) is 0 Å². The first-order valence-corrected chi connectivity index (χ1v) is 8.38. The summed E-state index contributed by atoms with van der Waals surface area (Å²) >= 11 is 0. The van der Waals surface area contributed by atoms with E-state index in [-0.39, 0.29) is 18.1 Å². The lowest BCUT2D eigenvalue weighted by Gasteiger charge is -2.16. The Kier molecular flexibility index (Phi) is 6.62. The van der Waals surface area contributed by atoms with Gasteiger partial charge >= 0.3 is 0 Å². The van der Waals surface area contributed by atoms with Crippen LogP contribution in [0.3, 0.4) is 0 Å². The summed E-state index contributed by atoms with van der Waals surface area (Å²) in [6.07, 6.45) is 4.39. The van der Waals surface area contributed by atoms with E-state index in [2.05, 4.69) is 12.2 Å². The largest absolute Gasteiger partial charge is 0.491 e. The topological polar surface area (TPSA) is 38.3 Å². The number of nitrogens with one attached hydrogen (secondary N) is 1. The van der Waals surface area contributed by atoms with Crippen LogP contribution in [0.5, 0.6) is 5.75 Å². The normalized spacial score (nSPS) is 12.3. The Hall–Kier alpha value is -2.55. The Bertz CT molecular complexity index is 660. The van der Waals surface area contributed by atoms with Crippen LogP contribution in [0.1, 0.15) is 44.4 Å². The van der Waals surface area contributed by atoms with Crippen molar-refractivity contribution < 1.29 is 9.53 Å². The summed E-state index contributed by atoms with van der Waals surface area (Å²) in [6.45, 7) is 6.05. The smallest absolute Gasteiger partial charge is 0.244 e. The standard InChI is InChI=1S/C21H25NO2/c1-4-20(18-8-6-5-7-9-18)22-21(23)15-12-17-10-13-19(14-11-17)24-16(2)3/h5-16,20H,4H2,1-3H3,(H,22,23)/b15-12-/t20-/m0/s1. The van der Waals surface area contributed by atoms with Gasteiger partial charge in [0.05, 0.1) is 12.1 Å². The number of rotatable bonds is 7. The highest BCUT2D eigenvalue weighted by Crippen LogP contribution is 2.17. The van der Waals surface area contributed by atoms with Crippen molar-refractivity contribution in [3.63, 3.8) is 0 Å². The summed E-state index contributed by atoms with van der Waals surface area (Å²) < 4.78 is 5.61. The first-order valence-electron chi connectivity index (χ1n) is 8.38. The van der Waals surface area contributed by atoms with Gasteiger partial charge in [0.15, 0.2) is 0 Å². The molecule has 0 aromatic heterocycles. The molecule has 1 N–H and O–H groups in total. The van der Waals surface area contributed by atoms with Gasteiger partial charge in [0.2, 0.25) is 5.91 Å². The molecule has 0 saturated heterocycles. The monoisotopic (exact) mass is 323 g/mol. The SMILES string of the molecule is CC[C@H](NC(=O)/C=C\c1ccc(OC(C)C)cc1)c1ccccc1. The van der Waals surface area contributed by atoms with Crippen LogP contribution in [0.15, 0.2) is 60.7 Å². The molecular formula is C21H25NO2. The molecule has 2 rings (SSSR count). The average Bonchev–Trinajstić information content (AvgIpc) is 2.59. The van der Waals surface area contributed by atoms with Crippen molar-refractivity contribution in [3.8, 4) is 5.75 Å². The van der Waals surface area contributed by atoms with E-state index in [9.17, 15) is 4.79 Å². The highest BCUT2D eigenvalue weighted by molar-refractivity contribution is 5.92. The van der Waals surface area contributed by atoms with Crippen molar-refractivity contribution in [2.24, 2.45) is 0 Å². The van der Waals surface area contributed by atoms with Crippen LogP contribution in [-0.4, -0.2) is 12.0 Å². The fourth-order valence-electron chi connectivity index (χ4n) is 2.43. The highest BCUT2D eigenvalue weighted by Gasteiger charge is 2.10. The third kappa shape index (κ3) is 5.58. The van der Waals surface area contributed by atoms with E-state index in [1.54, 1.807) is 6.08 Å². The number of hydrogen-bond donors (Lipinski definition) is 1. The molecule has 1 amide bonds. The lowest BCUT2D eigenvalue weighted by molar-refractivity contribution is -0.117. The number of carbonyl (C=O) groups is 1. The molecular weight excluding hydrogens is 298 g/mol. The molecule has 0 heterocycles. The first kappa shape index (κ1) is 17.8. The Balaban J connectivity index is 1.94. The van der Waals surface area contributed by atoms with E-state index in [0.717, 1.165) is 23.3 Å². The van der Waals surface area contributed by atoms with Crippen LogP contribution in [0.2, 0.25) is 0 Å². The van der Waals surface area contributed by atoms with E-state index in [4.69, 9.17) is 4.74 Å². The Morgan fingerprint density at radius 2 is 1.75 bits per heavy atom. The predicted octanol–water partition coefficient (Wildman–Crippen LogP) is 4.75. The van der Waals surface area contributed by atoms with Gasteiger partial charge in [0, 0.05) is 6.08 Å². The van der Waals surface area contributed by atoms with Crippen molar-refractivity contribution in [1.82, 2.24) is 5.32 Å². The van der Waals surface area contributed by atoms with Crippen LogP contribution in [-0.2, 0) is 4.79 Å². The molecule has 126 valence electrons.